The summed E-state index contributed by atoms with van der Waals surface area (Å²) in [5, 5.41) is 4.13. The topological polar surface area (TPSA) is 63.4 Å². The van der Waals surface area contributed by atoms with Crippen molar-refractivity contribution in [2.45, 2.75) is 12.5 Å². The molecule has 6 heteroatoms. The van der Waals surface area contributed by atoms with Gasteiger partial charge in [0.15, 0.2) is 9.84 Å². The smallest absolute Gasteiger partial charge is 0.151 e. The van der Waals surface area contributed by atoms with Crippen molar-refractivity contribution in [2.24, 2.45) is 5.73 Å². The van der Waals surface area contributed by atoms with Gasteiger partial charge in [0.25, 0.3) is 0 Å². The van der Waals surface area contributed by atoms with E-state index in [1.807, 2.05) is 5.38 Å². The van der Waals surface area contributed by atoms with Crippen LogP contribution in [-0.2, 0) is 9.84 Å². The molecule has 1 aliphatic heterocycles. The number of hydrogen-bond donors (Lipinski definition) is 1. The summed E-state index contributed by atoms with van der Waals surface area (Å²) in [6, 6.07) is 2.23. The van der Waals surface area contributed by atoms with E-state index in [9.17, 15) is 8.42 Å². The van der Waals surface area contributed by atoms with Crippen LogP contribution in [0.2, 0.25) is 0 Å². The maximum atomic E-state index is 11.6. The van der Waals surface area contributed by atoms with Crippen molar-refractivity contribution in [3.63, 3.8) is 0 Å². The van der Waals surface area contributed by atoms with Gasteiger partial charge >= 0.3 is 0 Å². The first-order valence-corrected chi connectivity index (χ1v) is 8.55. The average Bonchev–Trinajstić information content (AvgIpc) is 2.73. The third-order valence-corrected chi connectivity index (χ3v) is 5.60. The minimum absolute atomic E-state index is 0.162. The van der Waals surface area contributed by atoms with Gasteiger partial charge in [0.05, 0.1) is 11.5 Å². The molecule has 1 aliphatic rings. The molecule has 0 spiro atoms. The van der Waals surface area contributed by atoms with Crippen molar-refractivity contribution in [1.82, 2.24) is 4.90 Å². The zero-order valence-electron chi connectivity index (χ0n) is 9.71. The maximum Gasteiger partial charge on any atom is 0.151 e. The van der Waals surface area contributed by atoms with Crippen LogP contribution in [0.25, 0.3) is 0 Å². The summed E-state index contributed by atoms with van der Waals surface area (Å²) in [5.41, 5.74) is 7.03. The van der Waals surface area contributed by atoms with Gasteiger partial charge in [-0.3, -0.25) is 4.90 Å². The Morgan fingerprint density at radius 2 is 2.24 bits per heavy atom. The highest BCUT2D eigenvalue weighted by atomic mass is 32.2. The van der Waals surface area contributed by atoms with E-state index in [1.54, 1.807) is 11.3 Å². The Morgan fingerprint density at radius 3 is 2.88 bits per heavy atom. The van der Waals surface area contributed by atoms with Gasteiger partial charge in [-0.2, -0.15) is 11.3 Å². The van der Waals surface area contributed by atoms with Crippen molar-refractivity contribution >= 4 is 21.2 Å². The lowest BCUT2D eigenvalue weighted by Gasteiger charge is -2.28. The van der Waals surface area contributed by atoms with E-state index in [0.717, 1.165) is 6.54 Å². The van der Waals surface area contributed by atoms with Crippen LogP contribution in [0.3, 0.4) is 0 Å². The first kappa shape index (κ1) is 13.0. The highest BCUT2D eigenvalue weighted by molar-refractivity contribution is 7.91. The Morgan fingerprint density at radius 1 is 1.41 bits per heavy atom. The Kier molecular flexibility index (Phi) is 4.19. The van der Waals surface area contributed by atoms with E-state index in [0.29, 0.717) is 25.3 Å². The van der Waals surface area contributed by atoms with E-state index in [2.05, 4.69) is 16.3 Å². The number of nitrogens with two attached hydrogens (primary N) is 1. The number of thiophene rings is 1. The molecule has 1 aromatic heterocycles. The minimum atomic E-state index is -2.84. The Bertz CT molecular complexity index is 442. The largest absolute Gasteiger partial charge is 0.329 e. The SMILES string of the molecule is NCC(c1ccsc1)N1CCCS(=O)(=O)CC1. The monoisotopic (exact) mass is 274 g/mol. The molecule has 0 aromatic carbocycles. The molecule has 1 unspecified atom stereocenters. The van der Waals surface area contributed by atoms with E-state index in [-0.39, 0.29) is 11.8 Å². The van der Waals surface area contributed by atoms with Crippen LogP contribution in [0.5, 0.6) is 0 Å². The fourth-order valence-electron chi connectivity index (χ4n) is 2.23. The van der Waals surface area contributed by atoms with E-state index in [4.69, 9.17) is 5.73 Å². The summed E-state index contributed by atoms with van der Waals surface area (Å²) in [6.07, 6.45) is 0.711. The molecule has 0 amide bonds. The molecule has 17 heavy (non-hydrogen) atoms. The second-order valence-corrected chi connectivity index (χ2v) is 7.43. The van der Waals surface area contributed by atoms with Crippen LogP contribution < -0.4 is 5.73 Å². The fraction of sp³-hybridized carbons (Fsp3) is 0.636. The van der Waals surface area contributed by atoms with Crippen LogP contribution in [0.4, 0.5) is 0 Å². The number of sulfone groups is 1. The molecule has 0 saturated carbocycles. The quantitative estimate of drug-likeness (QED) is 0.888. The van der Waals surface area contributed by atoms with Gasteiger partial charge in [-0.1, -0.05) is 0 Å². The summed E-state index contributed by atoms with van der Waals surface area (Å²) in [4.78, 5) is 2.20. The van der Waals surface area contributed by atoms with Gasteiger partial charge in [-0.05, 0) is 35.4 Å². The molecule has 1 fully saturated rings. The zero-order valence-corrected chi connectivity index (χ0v) is 11.3. The minimum Gasteiger partial charge on any atom is -0.329 e. The lowest BCUT2D eigenvalue weighted by atomic mass is 10.1. The molecular weight excluding hydrogens is 256 g/mol. The van der Waals surface area contributed by atoms with Crippen molar-refractivity contribution in [3.8, 4) is 0 Å². The third kappa shape index (κ3) is 3.28. The molecule has 0 radical (unpaired) electrons. The van der Waals surface area contributed by atoms with Crippen molar-refractivity contribution < 1.29 is 8.42 Å². The normalized spacial score (nSPS) is 23.1. The van der Waals surface area contributed by atoms with Crippen molar-refractivity contribution in [2.75, 3.05) is 31.1 Å². The molecule has 2 N–H and O–H groups in total. The summed E-state index contributed by atoms with van der Waals surface area (Å²) < 4.78 is 23.1. The van der Waals surface area contributed by atoms with E-state index >= 15 is 0 Å². The van der Waals surface area contributed by atoms with Crippen LogP contribution in [0.15, 0.2) is 16.8 Å². The second kappa shape index (κ2) is 5.48. The van der Waals surface area contributed by atoms with Crippen LogP contribution in [-0.4, -0.2) is 44.5 Å². The first-order valence-electron chi connectivity index (χ1n) is 5.79. The Labute approximate surface area is 106 Å². The number of nitrogens with zero attached hydrogens (tertiary/aromatic N) is 1. The average molecular weight is 274 g/mol. The molecule has 96 valence electrons. The molecular formula is C11H18N2O2S2. The summed E-state index contributed by atoms with van der Waals surface area (Å²) in [5.74, 6) is 0.568. The maximum absolute atomic E-state index is 11.6. The van der Waals surface area contributed by atoms with E-state index in [1.165, 1.54) is 5.56 Å². The molecule has 0 bridgehead atoms. The molecule has 4 nitrogen and oxygen atoms in total. The highest BCUT2D eigenvalue weighted by Crippen LogP contribution is 2.23. The van der Waals surface area contributed by atoms with Crippen LogP contribution in [0, 0.1) is 0 Å². The zero-order chi connectivity index (χ0) is 12.3. The van der Waals surface area contributed by atoms with Crippen LogP contribution >= 0.6 is 11.3 Å². The first-order chi connectivity index (χ1) is 8.12. The highest BCUT2D eigenvalue weighted by Gasteiger charge is 2.25. The van der Waals surface area contributed by atoms with Gasteiger partial charge in [-0.25, -0.2) is 8.42 Å². The third-order valence-electron chi connectivity index (χ3n) is 3.18. The molecule has 1 saturated heterocycles. The lowest BCUT2D eigenvalue weighted by Crippen LogP contribution is -2.35. The van der Waals surface area contributed by atoms with E-state index < -0.39 is 9.84 Å². The van der Waals surface area contributed by atoms with Gasteiger partial charge in [0.1, 0.15) is 0 Å². The lowest BCUT2D eigenvalue weighted by molar-refractivity contribution is 0.218. The molecule has 1 aromatic rings. The second-order valence-electron chi connectivity index (χ2n) is 4.35. The molecule has 2 rings (SSSR count). The summed E-state index contributed by atoms with van der Waals surface area (Å²) in [7, 11) is -2.84. The summed E-state index contributed by atoms with van der Waals surface area (Å²) >= 11 is 1.65. The fourth-order valence-corrected chi connectivity index (χ4v) is 4.22. The predicted octanol–water partition coefficient (Wildman–Crippen LogP) is 0.868. The summed E-state index contributed by atoms with van der Waals surface area (Å²) in [6.45, 7) is 1.95. The van der Waals surface area contributed by atoms with Crippen LogP contribution in [0.1, 0.15) is 18.0 Å². The van der Waals surface area contributed by atoms with Crippen molar-refractivity contribution in [3.05, 3.63) is 22.4 Å². The molecule has 0 aliphatic carbocycles. The van der Waals surface area contributed by atoms with Crippen molar-refractivity contribution in [1.29, 1.82) is 0 Å². The Hall–Kier alpha value is -0.430. The number of hydrogen-bond acceptors (Lipinski definition) is 5. The van der Waals surface area contributed by atoms with Gasteiger partial charge in [0.2, 0.25) is 0 Å². The van der Waals surface area contributed by atoms with Gasteiger partial charge in [0, 0.05) is 19.1 Å². The Balaban J connectivity index is 2.10. The standard InChI is InChI=1S/C11H18N2O2S2/c12-8-11(10-2-5-16-9-10)13-3-1-6-17(14,15)7-4-13/h2,5,9,11H,1,3-4,6-8,12H2. The van der Waals surface area contributed by atoms with Gasteiger partial charge < -0.3 is 5.73 Å². The molecule has 2 heterocycles. The molecule has 1 atom stereocenters. The predicted molar refractivity (Wildman–Crippen MR) is 71.0 cm³/mol. The van der Waals surface area contributed by atoms with Gasteiger partial charge in [-0.15, -0.1) is 0 Å². The number of rotatable bonds is 3.